The van der Waals surface area contributed by atoms with E-state index in [4.69, 9.17) is 21.6 Å². The number of hydrogen-bond acceptors (Lipinski definition) is 2. The van der Waals surface area contributed by atoms with Gasteiger partial charge in [-0.3, -0.25) is 0 Å². The molecule has 1 aromatic rings. The molecule has 0 spiro atoms. The van der Waals surface area contributed by atoms with Crippen LogP contribution < -0.4 is 5.46 Å². The van der Waals surface area contributed by atoms with E-state index in [1.54, 1.807) is 12.1 Å². The van der Waals surface area contributed by atoms with Crippen molar-refractivity contribution in [2.24, 2.45) is 0 Å². The van der Waals surface area contributed by atoms with Crippen LogP contribution in [0.25, 0.3) is 0 Å². The first-order valence-electron chi connectivity index (χ1n) is 5.18. The van der Waals surface area contributed by atoms with Crippen molar-refractivity contribution < 1.29 is 10.0 Å². The van der Waals surface area contributed by atoms with E-state index in [0.717, 1.165) is 5.56 Å². The van der Waals surface area contributed by atoms with E-state index in [-0.39, 0.29) is 0 Å². The van der Waals surface area contributed by atoms with Crippen LogP contribution in [0.4, 0.5) is 0 Å². The predicted octanol–water partition coefficient (Wildman–Crippen LogP) is 2.17. The van der Waals surface area contributed by atoms with Gasteiger partial charge in [-0.2, -0.15) is 0 Å². The summed E-state index contributed by atoms with van der Waals surface area (Å²) in [5.41, 5.74) is 1.44. The largest absolute Gasteiger partial charge is 0.488 e. The summed E-state index contributed by atoms with van der Waals surface area (Å²) in [6.07, 6.45) is 0. The molecular weight excluding hydrogens is 210 g/mol. The van der Waals surface area contributed by atoms with Crippen molar-refractivity contribution >= 4 is 24.2 Å². The molecule has 0 bridgehead atoms. The highest BCUT2D eigenvalue weighted by molar-refractivity contribution is 6.59. The second-order valence-corrected chi connectivity index (χ2v) is 3.72. The molecule has 2 nitrogen and oxygen atoms in total. The average Bonchev–Trinajstić information content (AvgIpc) is 2.20. The molecule has 0 fully saturated rings. The Morgan fingerprint density at radius 1 is 1.20 bits per heavy atom. The zero-order valence-electron chi connectivity index (χ0n) is 9.66. The smallest absolute Gasteiger partial charge is 0.423 e. The number of hydrogen-bond donors (Lipinski definition) is 2. The van der Waals surface area contributed by atoms with Crippen molar-refractivity contribution in [3.8, 4) is 0 Å². The summed E-state index contributed by atoms with van der Waals surface area (Å²) in [7, 11) is -1.45. The molecule has 0 aromatic heterocycles. The van der Waals surface area contributed by atoms with Gasteiger partial charge < -0.3 is 10.0 Å². The Kier molecular flexibility index (Phi) is 6.65. The standard InChI is InChI=1S/C9H12BClO2.C2H6/c1-6(2)8-4-3-7(10(12)13)5-9(8)11;1-2/h3-6,12-13H,1-2H3;1-2H3. The van der Waals surface area contributed by atoms with Gasteiger partial charge in [0, 0.05) is 5.02 Å². The third-order valence-electron chi connectivity index (χ3n) is 1.94. The van der Waals surface area contributed by atoms with Gasteiger partial charge in [0.05, 0.1) is 0 Å². The minimum atomic E-state index is -1.45. The summed E-state index contributed by atoms with van der Waals surface area (Å²) in [5.74, 6) is 0.345. The maximum Gasteiger partial charge on any atom is 0.488 e. The van der Waals surface area contributed by atoms with Crippen LogP contribution in [0.5, 0.6) is 0 Å². The lowest BCUT2D eigenvalue weighted by Gasteiger charge is -2.09. The SMILES string of the molecule is CC.CC(C)c1ccc(B(O)O)cc1Cl. The van der Waals surface area contributed by atoms with E-state index >= 15 is 0 Å². The maximum atomic E-state index is 8.87. The quantitative estimate of drug-likeness (QED) is 0.762. The summed E-state index contributed by atoms with van der Waals surface area (Å²) in [6.45, 7) is 8.08. The molecule has 84 valence electrons. The highest BCUT2D eigenvalue weighted by Gasteiger charge is 2.13. The van der Waals surface area contributed by atoms with Crippen LogP contribution in [0.2, 0.25) is 5.02 Å². The maximum absolute atomic E-state index is 8.87. The van der Waals surface area contributed by atoms with Crippen LogP contribution in [0.15, 0.2) is 18.2 Å². The molecule has 2 N–H and O–H groups in total. The lowest BCUT2D eigenvalue weighted by atomic mass is 9.79. The van der Waals surface area contributed by atoms with E-state index in [0.29, 0.717) is 16.4 Å². The van der Waals surface area contributed by atoms with Crippen LogP contribution in [0.3, 0.4) is 0 Å². The first-order valence-corrected chi connectivity index (χ1v) is 5.55. The van der Waals surface area contributed by atoms with Gasteiger partial charge in [0.2, 0.25) is 0 Å². The average molecular weight is 229 g/mol. The Labute approximate surface area is 97.0 Å². The molecule has 0 aliphatic heterocycles. The number of rotatable bonds is 2. The molecule has 0 amide bonds. The first-order chi connectivity index (χ1) is 7.02. The summed E-state index contributed by atoms with van der Waals surface area (Å²) in [5, 5.41) is 18.3. The monoisotopic (exact) mass is 228 g/mol. The second kappa shape index (κ2) is 6.88. The molecule has 0 heterocycles. The molecule has 0 atom stereocenters. The van der Waals surface area contributed by atoms with E-state index in [2.05, 4.69) is 0 Å². The number of benzene rings is 1. The third kappa shape index (κ3) is 4.25. The zero-order chi connectivity index (χ0) is 12.0. The molecule has 0 aliphatic carbocycles. The van der Waals surface area contributed by atoms with Crippen LogP contribution in [0, 0.1) is 0 Å². The van der Waals surface area contributed by atoms with Crippen molar-refractivity contribution in [2.45, 2.75) is 33.6 Å². The van der Waals surface area contributed by atoms with Crippen LogP contribution in [0.1, 0.15) is 39.2 Å². The van der Waals surface area contributed by atoms with Crippen molar-refractivity contribution in [2.75, 3.05) is 0 Å². The minimum Gasteiger partial charge on any atom is -0.423 e. The Morgan fingerprint density at radius 3 is 2.07 bits per heavy atom. The van der Waals surface area contributed by atoms with Gasteiger partial charge in [0.25, 0.3) is 0 Å². The van der Waals surface area contributed by atoms with E-state index in [1.807, 2.05) is 33.8 Å². The third-order valence-corrected chi connectivity index (χ3v) is 2.27. The van der Waals surface area contributed by atoms with Gasteiger partial charge >= 0.3 is 7.12 Å². The van der Waals surface area contributed by atoms with Crippen LogP contribution >= 0.6 is 11.6 Å². The summed E-state index contributed by atoms with van der Waals surface area (Å²) >= 11 is 5.95. The van der Waals surface area contributed by atoms with Gasteiger partial charge in [-0.15, -0.1) is 0 Å². The van der Waals surface area contributed by atoms with Crippen molar-refractivity contribution in [1.82, 2.24) is 0 Å². The molecule has 0 saturated heterocycles. The van der Waals surface area contributed by atoms with Gasteiger partial charge in [0.1, 0.15) is 0 Å². The van der Waals surface area contributed by atoms with Crippen molar-refractivity contribution in [3.63, 3.8) is 0 Å². The van der Waals surface area contributed by atoms with Gasteiger partial charge in [-0.25, -0.2) is 0 Å². The zero-order valence-corrected chi connectivity index (χ0v) is 10.4. The minimum absolute atomic E-state index is 0.345. The predicted molar refractivity (Wildman–Crippen MR) is 66.7 cm³/mol. The summed E-state index contributed by atoms with van der Waals surface area (Å²) in [4.78, 5) is 0. The Bertz CT molecular complexity index is 301. The van der Waals surface area contributed by atoms with Crippen LogP contribution in [-0.4, -0.2) is 17.2 Å². The molecule has 0 unspecified atom stereocenters. The first kappa shape index (κ1) is 14.5. The molecule has 4 heteroatoms. The molecule has 0 saturated carbocycles. The van der Waals surface area contributed by atoms with Gasteiger partial charge in [-0.05, 0) is 23.0 Å². The lowest BCUT2D eigenvalue weighted by Crippen LogP contribution is -2.29. The fourth-order valence-electron chi connectivity index (χ4n) is 1.17. The van der Waals surface area contributed by atoms with Crippen molar-refractivity contribution in [3.05, 3.63) is 28.8 Å². The topological polar surface area (TPSA) is 40.5 Å². The molecule has 1 aromatic carbocycles. The van der Waals surface area contributed by atoms with E-state index < -0.39 is 7.12 Å². The normalized spacial score (nSPS) is 9.60. The molecule has 1 rings (SSSR count). The van der Waals surface area contributed by atoms with E-state index in [1.165, 1.54) is 0 Å². The van der Waals surface area contributed by atoms with E-state index in [9.17, 15) is 0 Å². The highest BCUT2D eigenvalue weighted by Crippen LogP contribution is 2.22. The Balaban J connectivity index is 0.000000921. The van der Waals surface area contributed by atoms with Crippen molar-refractivity contribution in [1.29, 1.82) is 0 Å². The lowest BCUT2D eigenvalue weighted by molar-refractivity contribution is 0.426. The second-order valence-electron chi connectivity index (χ2n) is 3.31. The highest BCUT2D eigenvalue weighted by atomic mass is 35.5. The molecule has 15 heavy (non-hydrogen) atoms. The Hall–Kier alpha value is -0.505. The Morgan fingerprint density at radius 2 is 1.73 bits per heavy atom. The summed E-state index contributed by atoms with van der Waals surface area (Å²) < 4.78 is 0. The molecular formula is C11H18BClO2. The number of halogens is 1. The van der Waals surface area contributed by atoms with Gasteiger partial charge in [0.15, 0.2) is 0 Å². The molecule has 0 aliphatic rings. The van der Waals surface area contributed by atoms with Gasteiger partial charge in [-0.1, -0.05) is 51.4 Å². The fourth-order valence-corrected chi connectivity index (χ4v) is 1.58. The van der Waals surface area contributed by atoms with Crippen LogP contribution in [-0.2, 0) is 0 Å². The molecule has 0 radical (unpaired) electrons. The fraction of sp³-hybridized carbons (Fsp3) is 0.455. The summed E-state index contributed by atoms with van der Waals surface area (Å²) in [6, 6.07) is 5.08.